The lowest BCUT2D eigenvalue weighted by Crippen LogP contribution is -2.46. The number of hydrogen-bond donors (Lipinski definition) is 1. The first-order valence-electron chi connectivity index (χ1n) is 8.66. The number of carbonyl (C=O) groups excluding carboxylic acids is 2. The van der Waals surface area contributed by atoms with Crippen LogP contribution in [-0.2, 0) is 25.5 Å². The average Bonchev–Trinajstić information content (AvgIpc) is 2.94. The summed E-state index contributed by atoms with van der Waals surface area (Å²) in [5, 5.41) is 9.55. The van der Waals surface area contributed by atoms with Gasteiger partial charge in [-0.15, -0.1) is 0 Å². The molecule has 1 aliphatic rings. The predicted octanol–water partition coefficient (Wildman–Crippen LogP) is 2.64. The number of amides is 1. The van der Waals surface area contributed by atoms with Crippen LogP contribution in [0.15, 0.2) is 24.3 Å². The van der Waals surface area contributed by atoms with Crippen molar-refractivity contribution in [3.05, 3.63) is 29.8 Å². The minimum atomic E-state index is -1.02. The molecule has 1 aromatic rings. The van der Waals surface area contributed by atoms with Crippen LogP contribution in [0.25, 0.3) is 0 Å². The van der Waals surface area contributed by atoms with E-state index in [1.54, 1.807) is 19.1 Å². The third-order valence-corrected chi connectivity index (χ3v) is 4.59. The molecule has 0 fully saturated rings. The summed E-state index contributed by atoms with van der Waals surface area (Å²) in [6.07, 6.45) is 0.802. The number of para-hydroxylation sites is 1. The second-order valence-corrected chi connectivity index (χ2v) is 6.59. The van der Waals surface area contributed by atoms with Crippen LogP contribution in [0.5, 0.6) is 0 Å². The van der Waals surface area contributed by atoms with E-state index >= 15 is 0 Å². The number of carboxylic acids is 1. The topological polar surface area (TPSA) is 83.9 Å². The minimum absolute atomic E-state index is 0.0101. The Morgan fingerprint density at radius 3 is 2.56 bits per heavy atom. The smallest absolute Gasteiger partial charge is 0.327 e. The van der Waals surface area contributed by atoms with Crippen molar-refractivity contribution >= 4 is 23.5 Å². The average molecular weight is 347 g/mol. The Bertz CT molecular complexity index is 655. The summed E-state index contributed by atoms with van der Waals surface area (Å²) in [5.41, 5.74) is 1.51. The lowest BCUT2D eigenvalue weighted by atomic mass is 9.89. The quantitative estimate of drug-likeness (QED) is 0.767. The van der Waals surface area contributed by atoms with Crippen LogP contribution in [0.2, 0.25) is 0 Å². The number of esters is 1. The first kappa shape index (κ1) is 19.0. The molecule has 0 aromatic heterocycles. The Morgan fingerprint density at radius 2 is 1.96 bits per heavy atom. The number of anilines is 1. The number of carboxylic acid groups (broad SMARTS) is 1. The first-order chi connectivity index (χ1) is 11.9. The fourth-order valence-electron chi connectivity index (χ4n) is 3.28. The maximum absolute atomic E-state index is 13.1. The van der Waals surface area contributed by atoms with Crippen molar-refractivity contribution in [2.45, 2.75) is 46.1 Å². The van der Waals surface area contributed by atoms with E-state index in [9.17, 15) is 19.5 Å². The van der Waals surface area contributed by atoms with Crippen LogP contribution in [0.4, 0.5) is 5.69 Å². The van der Waals surface area contributed by atoms with Crippen molar-refractivity contribution in [1.82, 2.24) is 0 Å². The second-order valence-electron chi connectivity index (χ2n) is 6.59. The van der Waals surface area contributed by atoms with Gasteiger partial charge in [0.2, 0.25) is 5.91 Å². The van der Waals surface area contributed by atoms with E-state index in [1.165, 1.54) is 4.90 Å². The first-order valence-corrected chi connectivity index (χ1v) is 8.66. The van der Waals surface area contributed by atoms with Gasteiger partial charge in [-0.2, -0.15) is 0 Å². The maximum atomic E-state index is 13.1. The van der Waals surface area contributed by atoms with Crippen molar-refractivity contribution in [3.63, 3.8) is 0 Å². The number of aliphatic carboxylic acids is 1. The second kappa shape index (κ2) is 8.14. The van der Waals surface area contributed by atoms with E-state index < -0.39 is 17.9 Å². The van der Waals surface area contributed by atoms with Crippen LogP contribution in [-0.4, -0.2) is 35.6 Å². The molecule has 1 aromatic carbocycles. The summed E-state index contributed by atoms with van der Waals surface area (Å²) in [6.45, 7) is 5.86. The van der Waals surface area contributed by atoms with Gasteiger partial charge in [-0.05, 0) is 30.9 Å². The summed E-state index contributed by atoms with van der Waals surface area (Å²) >= 11 is 0. The highest BCUT2D eigenvalue weighted by Gasteiger charge is 2.41. The Labute approximate surface area is 147 Å². The summed E-state index contributed by atoms with van der Waals surface area (Å²) in [6, 6.07) is 6.37. The summed E-state index contributed by atoms with van der Waals surface area (Å²) in [7, 11) is 0. The van der Waals surface area contributed by atoms with Gasteiger partial charge in [-0.3, -0.25) is 14.5 Å². The molecule has 6 heteroatoms. The van der Waals surface area contributed by atoms with Gasteiger partial charge in [0.15, 0.2) is 0 Å². The van der Waals surface area contributed by atoms with Crippen molar-refractivity contribution in [2.75, 3.05) is 11.5 Å². The fourth-order valence-corrected chi connectivity index (χ4v) is 3.28. The molecule has 0 saturated heterocycles. The van der Waals surface area contributed by atoms with Crippen molar-refractivity contribution in [3.8, 4) is 0 Å². The number of carbonyl (C=O) groups is 3. The molecule has 0 aliphatic carbocycles. The predicted molar refractivity (Wildman–Crippen MR) is 93.3 cm³/mol. The molecule has 2 atom stereocenters. The van der Waals surface area contributed by atoms with Crippen LogP contribution >= 0.6 is 0 Å². The third-order valence-electron chi connectivity index (χ3n) is 4.59. The molecule has 1 amide bonds. The van der Waals surface area contributed by atoms with Gasteiger partial charge in [0.25, 0.3) is 0 Å². The zero-order chi connectivity index (χ0) is 18.6. The van der Waals surface area contributed by atoms with Crippen LogP contribution in [0.1, 0.15) is 39.2 Å². The minimum Gasteiger partial charge on any atom is -0.480 e. The van der Waals surface area contributed by atoms with Gasteiger partial charge in [-0.1, -0.05) is 32.0 Å². The van der Waals surface area contributed by atoms with Gasteiger partial charge in [0, 0.05) is 24.4 Å². The number of ether oxygens (including phenoxy) is 1. The van der Waals surface area contributed by atoms with Crippen LogP contribution < -0.4 is 4.90 Å². The number of benzene rings is 1. The van der Waals surface area contributed by atoms with Crippen LogP contribution in [0.3, 0.4) is 0 Å². The van der Waals surface area contributed by atoms with E-state index in [0.29, 0.717) is 25.1 Å². The highest BCUT2D eigenvalue weighted by molar-refractivity contribution is 6.03. The molecule has 1 N–H and O–H groups in total. The van der Waals surface area contributed by atoms with Crippen LogP contribution in [0, 0.1) is 11.8 Å². The van der Waals surface area contributed by atoms with Gasteiger partial charge in [0.1, 0.15) is 6.04 Å². The molecule has 0 bridgehead atoms. The lowest BCUT2D eigenvalue weighted by molar-refractivity contribution is -0.144. The number of fused-ring (bicyclic) bond motifs is 1. The molecular weight excluding hydrogens is 322 g/mol. The molecule has 0 spiro atoms. The van der Waals surface area contributed by atoms with Gasteiger partial charge in [0.05, 0.1) is 6.61 Å². The molecule has 2 rings (SSSR count). The molecular formula is C19H25NO5. The van der Waals surface area contributed by atoms with E-state index in [1.807, 2.05) is 26.0 Å². The van der Waals surface area contributed by atoms with E-state index in [-0.39, 0.29) is 24.2 Å². The zero-order valence-corrected chi connectivity index (χ0v) is 14.9. The molecule has 25 heavy (non-hydrogen) atoms. The SMILES string of the molecule is CCOC(=O)CC[C@@H](C(=O)N1c2ccccc2C[C@H]1C(=O)O)C(C)C. The van der Waals surface area contributed by atoms with Crippen molar-refractivity contribution in [1.29, 1.82) is 0 Å². The van der Waals surface area contributed by atoms with E-state index in [2.05, 4.69) is 0 Å². The normalized spacial score (nSPS) is 17.3. The Balaban J connectivity index is 2.24. The summed E-state index contributed by atoms with van der Waals surface area (Å²) < 4.78 is 4.93. The monoisotopic (exact) mass is 347 g/mol. The standard InChI is InChI=1S/C19H25NO5/c1-4-25-17(21)10-9-14(12(2)3)18(22)20-15-8-6-5-7-13(15)11-16(20)19(23)24/h5-8,12,14,16H,4,9-11H2,1-3H3,(H,23,24)/t14-,16+/m1/s1. The molecule has 136 valence electrons. The molecule has 1 heterocycles. The molecule has 1 aliphatic heterocycles. The number of rotatable bonds is 7. The molecule has 0 radical (unpaired) electrons. The van der Waals surface area contributed by atoms with Crippen molar-refractivity contribution < 1.29 is 24.2 Å². The third kappa shape index (κ3) is 4.18. The Hall–Kier alpha value is -2.37. The van der Waals surface area contributed by atoms with E-state index in [4.69, 9.17) is 4.74 Å². The van der Waals surface area contributed by atoms with Gasteiger partial charge in [-0.25, -0.2) is 4.79 Å². The number of hydrogen-bond acceptors (Lipinski definition) is 4. The fraction of sp³-hybridized carbons (Fsp3) is 0.526. The Morgan fingerprint density at radius 1 is 1.28 bits per heavy atom. The highest BCUT2D eigenvalue weighted by atomic mass is 16.5. The van der Waals surface area contributed by atoms with Gasteiger partial charge >= 0.3 is 11.9 Å². The number of nitrogens with zero attached hydrogens (tertiary/aromatic N) is 1. The molecule has 0 saturated carbocycles. The largest absolute Gasteiger partial charge is 0.480 e. The van der Waals surface area contributed by atoms with Gasteiger partial charge < -0.3 is 9.84 Å². The lowest BCUT2D eigenvalue weighted by Gasteiger charge is -2.29. The zero-order valence-electron chi connectivity index (χ0n) is 14.9. The van der Waals surface area contributed by atoms with Crippen molar-refractivity contribution in [2.24, 2.45) is 11.8 Å². The Kier molecular flexibility index (Phi) is 6.17. The molecule has 0 unspecified atom stereocenters. The summed E-state index contributed by atoms with van der Waals surface area (Å²) in [4.78, 5) is 37.8. The maximum Gasteiger partial charge on any atom is 0.327 e. The van der Waals surface area contributed by atoms with E-state index in [0.717, 1.165) is 5.56 Å². The molecule has 6 nitrogen and oxygen atoms in total. The highest BCUT2D eigenvalue weighted by Crippen LogP contribution is 2.35. The summed E-state index contributed by atoms with van der Waals surface area (Å²) in [5.74, 6) is -2.03.